The number of hydrogen-bond acceptors (Lipinski definition) is 1. The molecule has 1 aromatic rings. The van der Waals surface area contributed by atoms with E-state index in [2.05, 4.69) is 18.0 Å². The summed E-state index contributed by atoms with van der Waals surface area (Å²) in [4.78, 5) is 2.40. The summed E-state index contributed by atoms with van der Waals surface area (Å²) < 4.78 is 0. The highest BCUT2D eigenvalue weighted by Crippen LogP contribution is 2.59. The van der Waals surface area contributed by atoms with E-state index in [-0.39, 0.29) is 12.4 Å². The van der Waals surface area contributed by atoms with Crippen LogP contribution in [-0.4, -0.2) is 25.0 Å². The second-order valence-electron chi connectivity index (χ2n) is 4.88. The molecule has 88 valence electrons. The van der Waals surface area contributed by atoms with Crippen LogP contribution < -0.4 is 0 Å². The molecule has 1 aromatic carbocycles. The van der Waals surface area contributed by atoms with Crippen LogP contribution >= 0.6 is 35.6 Å². The van der Waals surface area contributed by atoms with Crippen LogP contribution in [0.5, 0.6) is 0 Å². The van der Waals surface area contributed by atoms with Gasteiger partial charge >= 0.3 is 0 Å². The first kappa shape index (κ1) is 12.5. The number of fused-ring (bicyclic) bond motifs is 1. The van der Waals surface area contributed by atoms with Gasteiger partial charge in [0.2, 0.25) is 0 Å². The number of benzene rings is 1. The van der Waals surface area contributed by atoms with E-state index in [1.54, 1.807) is 0 Å². The molecule has 4 heteroatoms. The van der Waals surface area contributed by atoms with Gasteiger partial charge in [-0.15, -0.1) is 12.4 Å². The zero-order chi connectivity index (χ0) is 10.6. The molecule has 0 amide bonds. The van der Waals surface area contributed by atoms with Crippen molar-refractivity contribution in [3.8, 4) is 0 Å². The molecule has 1 aliphatic carbocycles. The summed E-state index contributed by atoms with van der Waals surface area (Å²) in [5.41, 5.74) is 1.76. The van der Waals surface area contributed by atoms with Crippen molar-refractivity contribution in [3.05, 3.63) is 33.8 Å². The van der Waals surface area contributed by atoms with Crippen molar-refractivity contribution in [2.75, 3.05) is 20.1 Å². The summed E-state index contributed by atoms with van der Waals surface area (Å²) in [7, 11) is 2.19. The van der Waals surface area contributed by atoms with Gasteiger partial charge in [-0.05, 0) is 37.1 Å². The van der Waals surface area contributed by atoms with E-state index in [9.17, 15) is 0 Å². The smallest absolute Gasteiger partial charge is 0.0595 e. The fourth-order valence-electron chi connectivity index (χ4n) is 2.99. The molecular weight excluding hydrogens is 264 g/mol. The summed E-state index contributed by atoms with van der Waals surface area (Å²) >= 11 is 12.0. The second-order valence-corrected chi connectivity index (χ2v) is 5.70. The lowest BCUT2D eigenvalue weighted by atomic mass is 9.95. The number of nitrogens with zero attached hydrogens (tertiary/aromatic N) is 1. The lowest BCUT2D eigenvalue weighted by molar-refractivity contribution is 0.363. The highest BCUT2D eigenvalue weighted by molar-refractivity contribution is 6.42. The van der Waals surface area contributed by atoms with Gasteiger partial charge in [-0.2, -0.15) is 0 Å². The van der Waals surface area contributed by atoms with Gasteiger partial charge in [-0.1, -0.05) is 29.3 Å². The highest BCUT2D eigenvalue weighted by Gasteiger charge is 2.59. The van der Waals surface area contributed by atoms with E-state index in [0.29, 0.717) is 15.5 Å². The molecule has 16 heavy (non-hydrogen) atoms. The molecular formula is C12H14Cl3N. The highest BCUT2D eigenvalue weighted by atomic mass is 35.5. The Balaban J connectivity index is 0.000000963. The Bertz CT molecular complexity index is 421. The Morgan fingerprint density at radius 3 is 2.62 bits per heavy atom. The van der Waals surface area contributed by atoms with Gasteiger partial charge in [-0.25, -0.2) is 0 Å². The van der Waals surface area contributed by atoms with E-state index < -0.39 is 0 Å². The van der Waals surface area contributed by atoms with Crippen molar-refractivity contribution >= 4 is 35.6 Å². The van der Waals surface area contributed by atoms with E-state index in [4.69, 9.17) is 23.2 Å². The number of likely N-dealkylation sites (tertiary alicyclic amines) is 1. The van der Waals surface area contributed by atoms with Crippen LogP contribution in [0.2, 0.25) is 10.0 Å². The average Bonchev–Trinajstić information content (AvgIpc) is 2.75. The predicted molar refractivity (Wildman–Crippen MR) is 71.0 cm³/mol. The monoisotopic (exact) mass is 277 g/mol. The minimum absolute atomic E-state index is 0. The quantitative estimate of drug-likeness (QED) is 0.758. The summed E-state index contributed by atoms with van der Waals surface area (Å²) in [6, 6.07) is 6.10. The second kappa shape index (κ2) is 4.06. The van der Waals surface area contributed by atoms with Crippen LogP contribution in [-0.2, 0) is 5.41 Å². The Kier molecular flexibility index (Phi) is 3.17. The third kappa shape index (κ3) is 1.74. The maximum Gasteiger partial charge on any atom is 0.0595 e. The van der Waals surface area contributed by atoms with Crippen LogP contribution in [0.3, 0.4) is 0 Å². The molecule has 3 rings (SSSR count). The molecule has 2 aliphatic rings. The van der Waals surface area contributed by atoms with Crippen molar-refractivity contribution in [2.45, 2.75) is 11.8 Å². The fraction of sp³-hybridized carbons (Fsp3) is 0.500. The van der Waals surface area contributed by atoms with E-state index in [1.807, 2.05) is 12.1 Å². The van der Waals surface area contributed by atoms with Crippen LogP contribution in [0.15, 0.2) is 18.2 Å². The number of piperidine rings is 1. The Morgan fingerprint density at radius 2 is 2.06 bits per heavy atom. The van der Waals surface area contributed by atoms with Gasteiger partial charge in [-0.3, -0.25) is 0 Å². The minimum Gasteiger partial charge on any atom is -0.305 e. The first-order valence-corrected chi connectivity index (χ1v) is 6.01. The summed E-state index contributed by atoms with van der Waals surface area (Å²) in [6.45, 7) is 2.38. The largest absolute Gasteiger partial charge is 0.305 e. The van der Waals surface area contributed by atoms with Crippen molar-refractivity contribution < 1.29 is 0 Å². The van der Waals surface area contributed by atoms with Gasteiger partial charge < -0.3 is 4.90 Å². The topological polar surface area (TPSA) is 3.24 Å². The normalized spacial score (nSPS) is 32.1. The van der Waals surface area contributed by atoms with Gasteiger partial charge in [0, 0.05) is 18.5 Å². The van der Waals surface area contributed by atoms with Gasteiger partial charge in [0.05, 0.1) is 10.0 Å². The first-order valence-electron chi connectivity index (χ1n) is 5.26. The minimum atomic E-state index is 0. The molecule has 0 N–H and O–H groups in total. The van der Waals surface area contributed by atoms with E-state index in [1.165, 1.54) is 18.5 Å². The zero-order valence-corrected chi connectivity index (χ0v) is 11.4. The first-order chi connectivity index (χ1) is 7.12. The van der Waals surface area contributed by atoms with E-state index in [0.717, 1.165) is 12.5 Å². The lowest BCUT2D eigenvalue weighted by Crippen LogP contribution is -2.22. The van der Waals surface area contributed by atoms with Crippen LogP contribution in [0.1, 0.15) is 12.0 Å². The Labute approximate surface area is 112 Å². The molecule has 1 aliphatic heterocycles. The van der Waals surface area contributed by atoms with Crippen LogP contribution in [0.4, 0.5) is 0 Å². The molecule has 0 bridgehead atoms. The fourth-order valence-corrected chi connectivity index (χ4v) is 3.28. The summed E-state index contributed by atoms with van der Waals surface area (Å²) in [6.07, 6.45) is 1.31. The molecule has 0 unspecified atom stereocenters. The van der Waals surface area contributed by atoms with Crippen molar-refractivity contribution in [3.63, 3.8) is 0 Å². The van der Waals surface area contributed by atoms with Gasteiger partial charge in [0.25, 0.3) is 0 Å². The standard InChI is InChI=1S/C12H13Cl2N.ClH/c1-15-6-9-5-12(9,7-15)8-2-3-10(13)11(14)4-8;/h2-4,9H,5-7H2,1H3;1H/t9-,12-;/m0./s1. The van der Waals surface area contributed by atoms with Crippen LogP contribution in [0, 0.1) is 5.92 Å². The van der Waals surface area contributed by atoms with Crippen molar-refractivity contribution in [2.24, 2.45) is 5.92 Å². The number of likely N-dealkylation sites (N-methyl/N-ethyl adjacent to an activating group) is 1. The van der Waals surface area contributed by atoms with Crippen molar-refractivity contribution in [1.29, 1.82) is 0 Å². The third-order valence-corrected chi connectivity index (χ3v) is 4.55. The third-order valence-electron chi connectivity index (χ3n) is 3.81. The molecule has 1 heterocycles. The molecule has 0 radical (unpaired) electrons. The molecule has 2 fully saturated rings. The maximum absolute atomic E-state index is 6.06. The maximum atomic E-state index is 6.06. The van der Waals surface area contributed by atoms with E-state index >= 15 is 0 Å². The van der Waals surface area contributed by atoms with Gasteiger partial charge in [0.1, 0.15) is 0 Å². The zero-order valence-electron chi connectivity index (χ0n) is 9.04. The number of rotatable bonds is 1. The average molecular weight is 279 g/mol. The van der Waals surface area contributed by atoms with Crippen LogP contribution in [0.25, 0.3) is 0 Å². The Hall–Kier alpha value is 0.0500. The molecule has 0 aromatic heterocycles. The Morgan fingerprint density at radius 1 is 1.31 bits per heavy atom. The van der Waals surface area contributed by atoms with Crippen molar-refractivity contribution in [1.82, 2.24) is 4.90 Å². The lowest BCUT2D eigenvalue weighted by Gasteiger charge is -2.16. The molecule has 1 saturated carbocycles. The molecule has 1 nitrogen and oxygen atoms in total. The summed E-state index contributed by atoms with van der Waals surface area (Å²) in [5, 5.41) is 1.34. The SMILES string of the molecule is CN1C[C@@H]2C[C@@]2(c2ccc(Cl)c(Cl)c2)C1.Cl. The number of hydrogen-bond donors (Lipinski definition) is 0. The number of halogens is 3. The molecule has 1 saturated heterocycles. The predicted octanol–water partition coefficient (Wildman–Crippen LogP) is 3.62. The molecule has 0 spiro atoms. The van der Waals surface area contributed by atoms with Gasteiger partial charge in [0.15, 0.2) is 0 Å². The molecule has 2 atom stereocenters. The summed E-state index contributed by atoms with van der Waals surface area (Å²) in [5.74, 6) is 0.833.